The Morgan fingerprint density at radius 1 is 0.892 bits per heavy atom. The van der Waals surface area contributed by atoms with Gasteiger partial charge in [0.2, 0.25) is 11.6 Å². The Morgan fingerprint density at radius 2 is 1.59 bits per heavy atom. The molecule has 0 atom stereocenters. The minimum Gasteiger partial charge on any atom is -0.399 e. The number of allylic oxidation sites excluding steroid dienone is 1. The van der Waals surface area contributed by atoms with Crippen molar-refractivity contribution in [2.24, 2.45) is 11.8 Å². The highest BCUT2D eigenvalue weighted by Gasteiger charge is 2.35. The fraction of sp³-hybridized carbons (Fsp3) is 0.333. The van der Waals surface area contributed by atoms with E-state index in [1.165, 1.54) is 31.2 Å². The summed E-state index contributed by atoms with van der Waals surface area (Å²) in [5, 5.41) is 1.70. The Morgan fingerprint density at radius 3 is 2.30 bits per heavy atom. The lowest BCUT2D eigenvalue weighted by atomic mass is 9.78. The molecule has 1 nitrogen and oxygen atoms in total. The molecule has 3 aromatic rings. The molecule has 0 aliphatic heterocycles. The highest BCUT2D eigenvalue weighted by molar-refractivity contribution is 5.88. The van der Waals surface area contributed by atoms with E-state index >= 15 is 0 Å². The number of halogens is 6. The maximum Gasteiger partial charge on any atom is 0.573 e. The first-order valence-electron chi connectivity index (χ1n) is 12.2. The van der Waals surface area contributed by atoms with Crippen LogP contribution in [0.2, 0.25) is 0 Å². The van der Waals surface area contributed by atoms with Gasteiger partial charge in [0.1, 0.15) is 0 Å². The molecule has 0 unspecified atom stereocenters. The predicted molar refractivity (Wildman–Crippen MR) is 132 cm³/mol. The van der Waals surface area contributed by atoms with Crippen molar-refractivity contribution in [3.05, 3.63) is 89.3 Å². The summed E-state index contributed by atoms with van der Waals surface area (Å²) in [5.74, 6) is -0.828. The van der Waals surface area contributed by atoms with Crippen molar-refractivity contribution in [3.8, 4) is 17.6 Å². The lowest BCUT2D eigenvalue weighted by Gasteiger charge is -2.27. The third-order valence-electron chi connectivity index (χ3n) is 6.92. The molecule has 1 fully saturated rings. The molecular weight excluding hydrogens is 490 g/mol. The molecule has 4 rings (SSSR count). The first-order chi connectivity index (χ1) is 17.6. The average Bonchev–Trinajstić information content (AvgIpc) is 2.87. The summed E-state index contributed by atoms with van der Waals surface area (Å²) in [4.78, 5) is 0. The number of ether oxygens (including phenoxy) is 1. The Bertz CT molecular complexity index is 1340. The van der Waals surface area contributed by atoms with Gasteiger partial charge in [0.25, 0.3) is 0 Å². The minimum absolute atomic E-state index is 0.389. The van der Waals surface area contributed by atoms with E-state index in [2.05, 4.69) is 29.2 Å². The fourth-order valence-electron chi connectivity index (χ4n) is 4.97. The Balaban J connectivity index is 1.50. The van der Waals surface area contributed by atoms with Crippen molar-refractivity contribution in [2.45, 2.75) is 51.3 Å². The molecule has 0 heterocycles. The lowest BCUT2D eigenvalue weighted by Crippen LogP contribution is -2.19. The van der Waals surface area contributed by atoms with Crippen LogP contribution in [0.3, 0.4) is 0 Å². The molecule has 194 valence electrons. The van der Waals surface area contributed by atoms with Gasteiger partial charge in [-0.25, -0.2) is 8.78 Å². The predicted octanol–water partition coefficient (Wildman–Crippen LogP) is 8.87. The molecule has 1 aliphatic carbocycles. The maximum absolute atomic E-state index is 14.3. The second kappa shape index (κ2) is 11.3. The number of alkyl halides is 3. The maximum atomic E-state index is 14.3. The quantitative estimate of drug-likeness (QED) is 0.138. The number of hydrogen-bond donors (Lipinski definition) is 0. The van der Waals surface area contributed by atoms with Gasteiger partial charge in [-0.15, -0.1) is 19.8 Å². The van der Waals surface area contributed by atoms with E-state index in [4.69, 9.17) is 0 Å². The number of hydrogen-bond acceptors (Lipinski definition) is 1. The Hall–Kier alpha value is -3.40. The average molecular weight is 517 g/mol. The second-order valence-electron chi connectivity index (χ2n) is 9.47. The first-order valence-corrected chi connectivity index (χ1v) is 12.2. The summed E-state index contributed by atoms with van der Waals surface area (Å²) in [6.07, 6.45) is 4.81. The van der Waals surface area contributed by atoms with Gasteiger partial charge in [0.15, 0.2) is 11.6 Å². The van der Waals surface area contributed by atoms with Crippen molar-refractivity contribution in [3.63, 3.8) is 0 Å². The number of fused-ring (bicyclic) bond motifs is 1. The van der Waals surface area contributed by atoms with Gasteiger partial charge < -0.3 is 4.74 Å². The van der Waals surface area contributed by atoms with Crippen LogP contribution < -0.4 is 4.74 Å². The molecule has 1 aliphatic rings. The van der Waals surface area contributed by atoms with Gasteiger partial charge >= 0.3 is 6.36 Å². The topological polar surface area (TPSA) is 9.23 Å². The van der Waals surface area contributed by atoms with Crippen LogP contribution in [-0.4, -0.2) is 6.36 Å². The summed E-state index contributed by atoms with van der Waals surface area (Å²) in [6.45, 7) is 3.84. The zero-order chi connectivity index (χ0) is 26.6. The zero-order valence-corrected chi connectivity index (χ0v) is 20.1. The monoisotopic (exact) mass is 516 g/mol. The van der Waals surface area contributed by atoms with Crippen LogP contribution in [0.5, 0.6) is 5.75 Å². The molecule has 0 bridgehead atoms. The fourth-order valence-corrected chi connectivity index (χ4v) is 4.97. The molecule has 0 N–H and O–H groups in total. The smallest absolute Gasteiger partial charge is 0.399 e. The van der Waals surface area contributed by atoms with Crippen LogP contribution in [0, 0.1) is 41.1 Å². The van der Waals surface area contributed by atoms with E-state index in [9.17, 15) is 26.3 Å². The summed E-state index contributed by atoms with van der Waals surface area (Å²) in [5.41, 5.74) is 0.989. The van der Waals surface area contributed by atoms with E-state index in [1.54, 1.807) is 12.1 Å². The third-order valence-corrected chi connectivity index (χ3v) is 6.92. The second-order valence-corrected chi connectivity index (χ2v) is 9.47. The van der Waals surface area contributed by atoms with Gasteiger partial charge in [-0.2, -0.15) is 4.39 Å². The minimum atomic E-state index is -5.37. The van der Waals surface area contributed by atoms with Gasteiger partial charge in [-0.05, 0) is 72.4 Å². The van der Waals surface area contributed by atoms with Crippen LogP contribution in [0.25, 0.3) is 10.8 Å². The molecule has 37 heavy (non-hydrogen) atoms. The van der Waals surface area contributed by atoms with E-state index < -0.39 is 35.1 Å². The molecule has 3 aromatic carbocycles. The highest BCUT2D eigenvalue weighted by atomic mass is 19.4. The van der Waals surface area contributed by atoms with Crippen molar-refractivity contribution in [1.82, 2.24) is 0 Å². The molecule has 7 heteroatoms. The van der Waals surface area contributed by atoms with E-state index in [-0.39, 0.29) is 0 Å². The van der Waals surface area contributed by atoms with Gasteiger partial charge in [0.05, 0.1) is 5.56 Å². The number of aryl methyl sites for hydroxylation is 1. The highest BCUT2D eigenvalue weighted by Crippen LogP contribution is 2.34. The molecular formula is C30H26F6O. The molecule has 0 spiro atoms. The van der Waals surface area contributed by atoms with Crippen molar-refractivity contribution >= 4 is 10.8 Å². The van der Waals surface area contributed by atoms with Crippen LogP contribution in [0.1, 0.15) is 55.2 Å². The SMILES string of the molecule is C=CCC1CCC(CCc2ccc3c(C#Cc4cc(F)c(OC(F)(F)F)c(F)c4F)cccc3c2)CC1. The third kappa shape index (κ3) is 6.68. The molecule has 0 amide bonds. The standard InChI is InChI=1S/C30H26F6O/c1-2-4-19-7-9-20(10-8-19)11-12-21-13-16-25-22(5-3-6-23(25)17-21)14-15-24-18-26(31)29(28(33)27(24)32)37-30(34,35)36/h2-3,5-6,13,16-20H,1,4,7-12H2. The molecule has 0 aromatic heterocycles. The van der Waals surface area contributed by atoms with Crippen LogP contribution in [-0.2, 0) is 6.42 Å². The van der Waals surface area contributed by atoms with Crippen LogP contribution >= 0.6 is 0 Å². The van der Waals surface area contributed by atoms with E-state index in [0.717, 1.165) is 41.9 Å². The van der Waals surface area contributed by atoms with E-state index in [0.29, 0.717) is 11.6 Å². The summed E-state index contributed by atoms with van der Waals surface area (Å²) in [7, 11) is 0. The number of benzene rings is 3. The largest absolute Gasteiger partial charge is 0.573 e. The van der Waals surface area contributed by atoms with Crippen molar-refractivity contribution in [1.29, 1.82) is 0 Å². The lowest BCUT2D eigenvalue weighted by molar-refractivity contribution is -0.276. The van der Waals surface area contributed by atoms with Gasteiger partial charge in [-0.1, -0.05) is 61.1 Å². The number of rotatable bonds is 6. The first kappa shape index (κ1) is 26.7. The molecule has 1 saturated carbocycles. The molecule has 0 radical (unpaired) electrons. The van der Waals surface area contributed by atoms with Crippen LogP contribution in [0.15, 0.2) is 55.1 Å². The van der Waals surface area contributed by atoms with Crippen molar-refractivity contribution in [2.75, 3.05) is 0 Å². The van der Waals surface area contributed by atoms with Gasteiger partial charge in [-0.3, -0.25) is 0 Å². The van der Waals surface area contributed by atoms with Gasteiger partial charge in [0, 0.05) is 5.56 Å². The summed E-state index contributed by atoms with van der Waals surface area (Å²) >= 11 is 0. The molecule has 0 saturated heterocycles. The summed E-state index contributed by atoms with van der Waals surface area (Å²) in [6, 6.07) is 11.8. The Labute approximate surface area is 212 Å². The van der Waals surface area contributed by atoms with E-state index in [1.807, 2.05) is 24.3 Å². The Kier molecular flexibility index (Phi) is 8.16. The van der Waals surface area contributed by atoms with Crippen LogP contribution in [0.4, 0.5) is 26.3 Å². The van der Waals surface area contributed by atoms with Crippen molar-refractivity contribution < 1.29 is 31.1 Å². The normalized spacial score (nSPS) is 17.8. The zero-order valence-electron chi connectivity index (χ0n) is 20.1. The summed E-state index contributed by atoms with van der Waals surface area (Å²) < 4.78 is 82.6.